The summed E-state index contributed by atoms with van der Waals surface area (Å²) in [7, 11) is 0. The average Bonchev–Trinajstić information content (AvgIpc) is 2.47. The van der Waals surface area contributed by atoms with Crippen molar-refractivity contribution >= 4 is 44.8 Å². The third-order valence-electron chi connectivity index (χ3n) is 1.63. The molecule has 2 aromatic rings. The molecule has 0 aliphatic heterocycles. The molecule has 0 unspecified atom stereocenters. The first kappa shape index (κ1) is 9.23. The van der Waals surface area contributed by atoms with E-state index >= 15 is 0 Å². The molecule has 0 bridgehead atoms. The number of thiophene rings is 1. The van der Waals surface area contributed by atoms with Crippen molar-refractivity contribution in [3.05, 3.63) is 22.7 Å². The highest BCUT2D eigenvalue weighted by Gasteiger charge is 2.04. The van der Waals surface area contributed by atoms with E-state index in [2.05, 4.69) is 9.98 Å². The van der Waals surface area contributed by atoms with Crippen LogP contribution in [0, 0.1) is 0 Å². The molecule has 14 heavy (non-hydrogen) atoms. The number of aliphatic imine (C=N–C) groups is 1. The molecule has 2 heterocycles. The van der Waals surface area contributed by atoms with Crippen LogP contribution in [0.2, 0.25) is 5.02 Å². The van der Waals surface area contributed by atoms with Crippen molar-refractivity contribution in [2.45, 2.75) is 0 Å². The molecule has 4 nitrogen and oxygen atoms in total. The molecule has 0 saturated carbocycles. The van der Waals surface area contributed by atoms with E-state index in [-0.39, 0.29) is 5.96 Å². The zero-order chi connectivity index (χ0) is 10.1. The Morgan fingerprint density at radius 2 is 2.29 bits per heavy atom. The number of nitrogens with zero attached hydrogens (tertiary/aromatic N) is 2. The lowest BCUT2D eigenvalue weighted by Crippen LogP contribution is -2.21. The largest absolute Gasteiger partial charge is 0.370 e. The van der Waals surface area contributed by atoms with Crippen LogP contribution < -0.4 is 11.5 Å². The fourth-order valence-electron chi connectivity index (χ4n) is 1.10. The molecule has 0 aliphatic rings. The Morgan fingerprint density at radius 3 is 3.00 bits per heavy atom. The van der Waals surface area contributed by atoms with Crippen LogP contribution in [0.1, 0.15) is 0 Å². The first-order valence-corrected chi connectivity index (χ1v) is 5.05. The van der Waals surface area contributed by atoms with Gasteiger partial charge in [-0.3, -0.25) is 0 Å². The topological polar surface area (TPSA) is 77.3 Å². The van der Waals surface area contributed by atoms with Gasteiger partial charge in [0.25, 0.3) is 0 Å². The number of nitrogens with two attached hydrogens (primary N) is 2. The van der Waals surface area contributed by atoms with Gasteiger partial charge in [0.15, 0.2) is 5.96 Å². The SMILES string of the molecule is NC(N)=Nc1csc2ncc(Cl)cc12. The highest BCUT2D eigenvalue weighted by Crippen LogP contribution is 2.32. The molecule has 0 aliphatic carbocycles. The zero-order valence-electron chi connectivity index (χ0n) is 7.07. The Labute approximate surface area is 89.2 Å². The van der Waals surface area contributed by atoms with Crippen LogP contribution in [0.5, 0.6) is 0 Å². The number of fused-ring (bicyclic) bond motifs is 1. The van der Waals surface area contributed by atoms with Crippen LogP contribution in [0.4, 0.5) is 5.69 Å². The zero-order valence-corrected chi connectivity index (χ0v) is 8.64. The van der Waals surface area contributed by atoms with E-state index in [0.29, 0.717) is 10.7 Å². The van der Waals surface area contributed by atoms with Gasteiger partial charge in [-0.05, 0) is 6.07 Å². The van der Waals surface area contributed by atoms with Crippen molar-refractivity contribution in [2.75, 3.05) is 0 Å². The molecule has 0 spiro atoms. The Kier molecular flexibility index (Phi) is 2.26. The van der Waals surface area contributed by atoms with E-state index in [1.807, 2.05) is 5.38 Å². The van der Waals surface area contributed by atoms with Gasteiger partial charge in [-0.15, -0.1) is 11.3 Å². The molecule has 0 radical (unpaired) electrons. The number of rotatable bonds is 1. The van der Waals surface area contributed by atoms with Crippen LogP contribution in [-0.2, 0) is 0 Å². The minimum Gasteiger partial charge on any atom is -0.370 e. The van der Waals surface area contributed by atoms with Gasteiger partial charge < -0.3 is 11.5 Å². The van der Waals surface area contributed by atoms with E-state index in [9.17, 15) is 0 Å². The minimum absolute atomic E-state index is 0.0321. The summed E-state index contributed by atoms with van der Waals surface area (Å²) in [6.45, 7) is 0. The monoisotopic (exact) mass is 226 g/mol. The first-order chi connectivity index (χ1) is 6.66. The maximum atomic E-state index is 5.82. The Balaban J connectivity index is 2.67. The quantitative estimate of drug-likeness (QED) is 0.576. The van der Waals surface area contributed by atoms with Crippen molar-refractivity contribution in [2.24, 2.45) is 16.5 Å². The lowest BCUT2D eigenvalue weighted by molar-refractivity contribution is 1.43. The molecule has 0 aromatic carbocycles. The van der Waals surface area contributed by atoms with E-state index < -0.39 is 0 Å². The van der Waals surface area contributed by atoms with Crippen molar-refractivity contribution in [3.63, 3.8) is 0 Å². The Bertz CT molecular complexity index is 501. The molecule has 0 fully saturated rings. The second kappa shape index (κ2) is 3.43. The van der Waals surface area contributed by atoms with Gasteiger partial charge in [-0.25, -0.2) is 9.98 Å². The lowest BCUT2D eigenvalue weighted by atomic mass is 10.3. The van der Waals surface area contributed by atoms with E-state index in [4.69, 9.17) is 23.1 Å². The summed E-state index contributed by atoms with van der Waals surface area (Å²) < 4.78 is 0. The maximum absolute atomic E-state index is 5.82. The third-order valence-corrected chi connectivity index (χ3v) is 2.72. The van der Waals surface area contributed by atoms with Gasteiger partial charge in [0, 0.05) is 17.0 Å². The van der Waals surface area contributed by atoms with E-state index in [0.717, 1.165) is 10.2 Å². The molecule has 4 N–H and O–H groups in total. The summed E-state index contributed by atoms with van der Waals surface area (Å²) in [5, 5.41) is 3.28. The number of hydrogen-bond acceptors (Lipinski definition) is 3. The molecule has 0 atom stereocenters. The third kappa shape index (κ3) is 1.64. The number of guanidine groups is 1. The molecule has 6 heteroatoms. The molecule has 0 amide bonds. The molecular weight excluding hydrogens is 220 g/mol. The second-order valence-corrected chi connectivity index (χ2v) is 3.96. The van der Waals surface area contributed by atoms with Gasteiger partial charge in [-0.1, -0.05) is 11.6 Å². The Morgan fingerprint density at radius 1 is 1.50 bits per heavy atom. The normalized spacial score (nSPS) is 10.4. The standard InChI is InChI=1S/C8H7ClN4S/c9-4-1-5-6(13-8(10)11)3-14-7(5)12-2-4/h1-3H,(H4,10,11,13). The Hall–Kier alpha value is -1.33. The van der Waals surface area contributed by atoms with Crippen LogP contribution >= 0.6 is 22.9 Å². The fourth-order valence-corrected chi connectivity index (χ4v) is 2.07. The van der Waals surface area contributed by atoms with Gasteiger partial charge in [0.1, 0.15) is 4.83 Å². The number of hydrogen-bond donors (Lipinski definition) is 2. The van der Waals surface area contributed by atoms with E-state index in [1.165, 1.54) is 11.3 Å². The molecule has 0 saturated heterocycles. The molecule has 2 aromatic heterocycles. The maximum Gasteiger partial charge on any atom is 0.191 e. The number of halogens is 1. The second-order valence-electron chi connectivity index (χ2n) is 2.66. The smallest absolute Gasteiger partial charge is 0.191 e. The summed E-state index contributed by atoms with van der Waals surface area (Å²) in [5.74, 6) is 0.0321. The average molecular weight is 227 g/mol. The highest BCUT2D eigenvalue weighted by molar-refractivity contribution is 7.17. The van der Waals surface area contributed by atoms with Crippen molar-refractivity contribution < 1.29 is 0 Å². The molecular formula is C8H7ClN4S. The summed E-state index contributed by atoms with van der Waals surface area (Å²) in [4.78, 5) is 8.99. The van der Waals surface area contributed by atoms with Crippen molar-refractivity contribution in [1.29, 1.82) is 0 Å². The predicted octanol–water partition coefficient (Wildman–Crippen LogP) is 1.85. The first-order valence-electron chi connectivity index (χ1n) is 3.79. The lowest BCUT2D eigenvalue weighted by Gasteiger charge is -1.93. The van der Waals surface area contributed by atoms with Gasteiger partial charge >= 0.3 is 0 Å². The molecule has 2 rings (SSSR count). The van der Waals surface area contributed by atoms with Crippen LogP contribution in [-0.4, -0.2) is 10.9 Å². The highest BCUT2D eigenvalue weighted by atomic mass is 35.5. The summed E-state index contributed by atoms with van der Waals surface area (Å²) in [6.07, 6.45) is 1.60. The number of pyridine rings is 1. The predicted molar refractivity (Wildman–Crippen MR) is 60.1 cm³/mol. The van der Waals surface area contributed by atoms with E-state index in [1.54, 1.807) is 12.3 Å². The summed E-state index contributed by atoms with van der Waals surface area (Å²) >= 11 is 7.29. The van der Waals surface area contributed by atoms with Crippen LogP contribution in [0.3, 0.4) is 0 Å². The van der Waals surface area contributed by atoms with Crippen LogP contribution in [0.15, 0.2) is 22.6 Å². The van der Waals surface area contributed by atoms with Gasteiger partial charge in [0.2, 0.25) is 0 Å². The van der Waals surface area contributed by atoms with Gasteiger partial charge in [-0.2, -0.15) is 0 Å². The minimum atomic E-state index is 0.0321. The van der Waals surface area contributed by atoms with Crippen molar-refractivity contribution in [3.8, 4) is 0 Å². The van der Waals surface area contributed by atoms with Gasteiger partial charge in [0.05, 0.1) is 10.7 Å². The molecule has 72 valence electrons. The number of aromatic nitrogens is 1. The van der Waals surface area contributed by atoms with Crippen molar-refractivity contribution in [1.82, 2.24) is 4.98 Å². The van der Waals surface area contributed by atoms with Crippen LogP contribution in [0.25, 0.3) is 10.2 Å². The fraction of sp³-hybridized carbons (Fsp3) is 0. The summed E-state index contributed by atoms with van der Waals surface area (Å²) in [6, 6.07) is 1.79. The summed E-state index contributed by atoms with van der Waals surface area (Å²) in [5.41, 5.74) is 11.3.